The van der Waals surface area contributed by atoms with Crippen LogP contribution in [0.1, 0.15) is 25.7 Å². The number of halogens is 3. The van der Waals surface area contributed by atoms with Gasteiger partial charge in [-0.05, 0) is 38.8 Å². The maximum atomic E-state index is 12.6. The van der Waals surface area contributed by atoms with Gasteiger partial charge in [0.15, 0.2) is 0 Å². The average molecular weight is 266 g/mol. The lowest BCUT2D eigenvalue weighted by Crippen LogP contribution is -2.49. The van der Waals surface area contributed by atoms with Gasteiger partial charge >= 0.3 is 6.18 Å². The third-order valence-corrected chi connectivity index (χ3v) is 3.67. The molecule has 1 atom stereocenters. The van der Waals surface area contributed by atoms with E-state index in [0.29, 0.717) is 13.2 Å². The standard InChI is InChI=1S/C12H21F3N2O/c13-12(14,15)9-17(8-11-2-1-7-18-11)10-3-5-16-6-4-10/h10-11,16H,1-9H2. The Balaban J connectivity index is 1.91. The van der Waals surface area contributed by atoms with Crippen LogP contribution in [0.4, 0.5) is 13.2 Å². The summed E-state index contributed by atoms with van der Waals surface area (Å²) in [5, 5.41) is 3.19. The van der Waals surface area contributed by atoms with Gasteiger partial charge in [-0.3, -0.25) is 4.90 Å². The van der Waals surface area contributed by atoms with E-state index in [2.05, 4.69) is 5.32 Å². The molecule has 2 saturated heterocycles. The molecule has 0 aliphatic carbocycles. The molecule has 18 heavy (non-hydrogen) atoms. The summed E-state index contributed by atoms with van der Waals surface area (Å²) in [7, 11) is 0. The number of hydrogen-bond acceptors (Lipinski definition) is 3. The lowest BCUT2D eigenvalue weighted by molar-refractivity contribution is -0.155. The molecule has 0 spiro atoms. The third kappa shape index (κ3) is 4.40. The molecule has 2 rings (SSSR count). The monoisotopic (exact) mass is 266 g/mol. The van der Waals surface area contributed by atoms with Crippen LogP contribution in [-0.4, -0.2) is 56.0 Å². The zero-order chi connectivity index (χ0) is 13.0. The molecule has 3 nitrogen and oxygen atoms in total. The number of piperidine rings is 1. The molecule has 0 amide bonds. The summed E-state index contributed by atoms with van der Waals surface area (Å²) in [6, 6.07) is 0.0390. The Hall–Kier alpha value is -0.330. The second-order valence-electron chi connectivity index (χ2n) is 5.16. The number of nitrogens with one attached hydrogen (secondary N) is 1. The van der Waals surface area contributed by atoms with E-state index in [9.17, 15) is 13.2 Å². The van der Waals surface area contributed by atoms with E-state index in [-0.39, 0.29) is 12.1 Å². The van der Waals surface area contributed by atoms with Gasteiger partial charge in [0, 0.05) is 19.2 Å². The molecule has 1 unspecified atom stereocenters. The van der Waals surface area contributed by atoms with Gasteiger partial charge in [-0.2, -0.15) is 13.2 Å². The van der Waals surface area contributed by atoms with Crippen molar-refractivity contribution in [2.24, 2.45) is 0 Å². The van der Waals surface area contributed by atoms with Gasteiger partial charge in [0.05, 0.1) is 12.6 Å². The molecule has 2 aliphatic rings. The van der Waals surface area contributed by atoms with Crippen LogP contribution in [0.25, 0.3) is 0 Å². The van der Waals surface area contributed by atoms with Crippen molar-refractivity contribution in [3.63, 3.8) is 0 Å². The van der Waals surface area contributed by atoms with E-state index < -0.39 is 12.7 Å². The van der Waals surface area contributed by atoms with Crippen molar-refractivity contribution in [3.8, 4) is 0 Å². The lowest BCUT2D eigenvalue weighted by Gasteiger charge is -2.36. The molecule has 6 heteroatoms. The highest BCUT2D eigenvalue weighted by molar-refractivity contribution is 4.82. The Morgan fingerprint density at radius 3 is 2.44 bits per heavy atom. The van der Waals surface area contributed by atoms with Crippen molar-refractivity contribution in [2.45, 2.75) is 44.0 Å². The maximum Gasteiger partial charge on any atom is 0.401 e. The number of nitrogens with zero attached hydrogens (tertiary/aromatic N) is 1. The molecular formula is C12H21F3N2O. The largest absolute Gasteiger partial charge is 0.401 e. The fraction of sp³-hybridized carbons (Fsp3) is 1.00. The van der Waals surface area contributed by atoms with E-state index in [1.165, 1.54) is 0 Å². The molecular weight excluding hydrogens is 245 g/mol. The summed E-state index contributed by atoms with van der Waals surface area (Å²) >= 11 is 0. The van der Waals surface area contributed by atoms with Gasteiger partial charge in [0.2, 0.25) is 0 Å². The highest BCUT2D eigenvalue weighted by atomic mass is 19.4. The van der Waals surface area contributed by atoms with E-state index in [1.54, 1.807) is 4.90 Å². The second-order valence-corrected chi connectivity index (χ2v) is 5.16. The predicted molar refractivity (Wildman–Crippen MR) is 62.5 cm³/mol. The van der Waals surface area contributed by atoms with Crippen LogP contribution >= 0.6 is 0 Å². The molecule has 1 N–H and O–H groups in total. The fourth-order valence-electron chi connectivity index (χ4n) is 2.79. The molecule has 106 valence electrons. The number of alkyl halides is 3. The van der Waals surface area contributed by atoms with Gasteiger partial charge in [-0.15, -0.1) is 0 Å². The van der Waals surface area contributed by atoms with E-state index in [1.807, 2.05) is 0 Å². The summed E-state index contributed by atoms with van der Waals surface area (Å²) in [6.45, 7) is 1.92. The quantitative estimate of drug-likeness (QED) is 0.839. The minimum absolute atomic E-state index is 0.0118. The maximum absolute atomic E-state index is 12.6. The zero-order valence-corrected chi connectivity index (χ0v) is 10.5. The average Bonchev–Trinajstić information content (AvgIpc) is 2.80. The topological polar surface area (TPSA) is 24.5 Å². The number of ether oxygens (including phenoxy) is 1. The number of hydrogen-bond donors (Lipinski definition) is 1. The zero-order valence-electron chi connectivity index (χ0n) is 10.5. The highest BCUT2D eigenvalue weighted by Crippen LogP contribution is 2.23. The van der Waals surface area contributed by atoms with Crippen LogP contribution in [0.2, 0.25) is 0 Å². The third-order valence-electron chi connectivity index (χ3n) is 3.67. The SMILES string of the molecule is FC(F)(F)CN(CC1CCCO1)C1CCNCC1. The van der Waals surface area contributed by atoms with Gasteiger partial charge < -0.3 is 10.1 Å². The van der Waals surface area contributed by atoms with Crippen molar-refractivity contribution in [1.82, 2.24) is 10.2 Å². The van der Waals surface area contributed by atoms with Crippen LogP contribution in [0.3, 0.4) is 0 Å². The summed E-state index contributed by atoms with van der Waals surface area (Å²) in [5.74, 6) is 0. The summed E-state index contributed by atoms with van der Waals surface area (Å²) < 4.78 is 43.4. The molecule has 2 aliphatic heterocycles. The molecule has 0 saturated carbocycles. The number of rotatable bonds is 4. The van der Waals surface area contributed by atoms with Gasteiger partial charge in [0.25, 0.3) is 0 Å². The first kappa shape index (κ1) is 14.1. The minimum Gasteiger partial charge on any atom is -0.377 e. The van der Waals surface area contributed by atoms with Crippen LogP contribution in [-0.2, 0) is 4.74 Å². The Labute approximate surface area is 106 Å². The molecule has 0 aromatic carbocycles. The first-order valence-electron chi connectivity index (χ1n) is 6.68. The van der Waals surface area contributed by atoms with Crippen molar-refractivity contribution in [1.29, 1.82) is 0 Å². The fourth-order valence-corrected chi connectivity index (χ4v) is 2.79. The Morgan fingerprint density at radius 2 is 1.89 bits per heavy atom. The molecule has 2 heterocycles. The summed E-state index contributed by atoms with van der Waals surface area (Å²) in [4.78, 5) is 1.58. The second kappa shape index (κ2) is 6.21. The molecule has 0 bridgehead atoms. The van der Waals surface area contributed by atoms with Crippen LogP contribution < -0.4 is 5.32 Å². The molecule has 2 fully saturated rings. The van der Waals surface area contributed by atoms with Crippen LogP contribution in [0.5, 0.6) is 0 Å². The molecule has 0 radical (unpaired) electrons. The van der Waals surface area contributed by atoms with Gasteiger partial charge in [-0.1, -0.05) is 0 Å². The van der Waals surface area contributed by atoms with E-state index in [4.69, 9.17) is 4.74 Å². The Bertz CT molecular complexity index is 248. The van der Waals surface area contributed by atoms with Crippen molar-refractivity contribution >= 4 is 0 Å². The van der Waals surface area contributed by atoms with Gasteiger partial charge in [0.1, 0.15) is 0 Å². The molecule has 0 aromatic heterocycles. The Kier molecular flexibility index (Phi) is 4.86. The Morgan fingerprint density at radius 1 is 1.17 bits per heavy atom. The predicted octanol–water partition coefficient (Wildman–Crippen LogP) is 1.78. The van der Waals surface area contributed by atoms with Crippen LogP contribution in [0.15, 0.2) is 0 Å². The van der Waals surface area contributed by atoms with E-state index in [0.717, 1.165) is 38.8 Å². The smallest absolute Gasteiger partial charge is 0.377 e. The van der Waals surface area contributed by atoms with Crippen molar-refractivity contribution in [3.05, 3.63) is 0 Å². The van der Waals surface area contributed by atoms with Crippen LogP contribution in [0, 0.1) is 0 Å². The van der Waals surface area contributed by atoms with Crippen molar-refractivity contribution in [2.75, 3.05) is 32.8 Å². The highest BCUT2D eigenvalue weighted by Gasteiger charge is 2.35. The van der Waals surface area contributed by atoms with E-state index >= 15 is 0 Å². The molecule has 0 aromatic rings. The van der Waals surface area contributed by atoms with Gasteiger partial charge in [-0.25, -0.2) is 0 Å². The summed E-state index contributed by atoms with van der Waals surface area (Å²) in [5.41, 5.74) is 0. The lowest BCUT2D eigenvalue weighted by atomic mass is 10.0. The first-order chi connectivity index (χ1) is 8.54. The minimum atomic E-state index is -4.12. The normalized spacial score (nSPS) is 27.0. The first-order valence-corrected chi connectivity index (χ1v) is 6.68. The summed E-state index contributed by atoms with van der Waals surface area (Å²) in [6.07, 6.45) is -0.687. The van der Waals surface area contributed by atoms with Crippen molar-refractivity contribution < 1.29 is 17.9 Å².